The van der Waals surface area contributed by atoms with E-state index >= 15 is 0 Å². The number of carbonyl (C=O) groups excluding carboxylic acids is 2. The van der Waals surface area contributed by atoms with Crippen molar-refractivity contribution >= 4 is 11.9 Å². The van der Waals surface area contributed by atoms with E-state index in [1.807, 2.05) is 0 Å². The summed E-state index contributed by atoms with van der Waals surface area (Å²) < 4.78 is 5.92. The molecule has 0 aromatic rings. The number of amides is 1. The largest absolute Gasteiger partial charge is 0.462 e. The summed E-state index contributed by atoms with van der Waals surface area (Å²) in [6.45, 7) is 6.36. The number of hydrogen-bond donors (Lipinski definition) is 3. The SMILES string of the molecule is CC/C=C\C/C=C\C/C=C\C/C=C\C/C=C\CCCCCC(=O)OC(CCC/C=C/C=C/CCCCCCCCC)CC(=O)NC(CO)C(O)CCCCCCCCCCCCCCCCCC. The fourth-order valence-electron chi connectivity index (χ4n) is 8.40. The molecule has 1 amide bonds. The summed E-state index contributed by atoms with van der Waals surface area (Å²) in [5.74, 6) is -0.558. The highest BCUT2D eigenvalue weighted by molar-refractivity contribution is 5.77. The minimum atomic E-state index is -0.810. The van der Waals surface area contributed by atoms with Crippen molar-refractivity contribution in [1.82, 2.24) is 5.32 Å². The second-order valence-corrected chi connectivity index (χ2v) is 19.3. The van der Waals surface area contributed by atoms with Gasteiger partial charge in [0.2, 0.25) is 5.91 Å². The average molecular weight is 949 g/mol. The van der Waals surface area contributed by atoms with Gasteiger partial charge in [-0.3, -0.25) is 9.59 Å². The molecule has 0 saturated heterocycles. The third-order valence-electron chi connectivity index (χ3n) is 12.7. The smallest absolute Gasteiger partial charge is 0.306 e. The summed E-state index contributed by atoms with van der Waals surface area (Å²) in [5.41, 5.74) is 0. The molecule has 0 fully saturated rings. The molecular formula is C62H109NO5. The van der Waals surface area contributed by atoms with Crippen molar-refractivity contribution in [2.45, 2.75) is 289 Å². The lowest BCUT2D eigenvalue weighted by Gasteiger charge is -2.24. The molecule has 3 N–H and O–H groups in total. The van der Waals surface area contributed by atoms with Crippen LogP contribution in [0.1, 0.15) is 271 Å². The lowest BCUT2D eigenvalue weighted by atomic mass is 10.0. The highest BCUT2D eigenvalue weighted by Gasteiger charge is 2.24. The molecule has 0 aliphatic carbocycles. The number of ether oxygens (including phenoxy) is 1. The van der Waals surface area contributed by atoms with E-state index in [1.54, 1.807) is 0 Å². The average Bonchev–Trinajstić information content (AvgIpc) is 3.33. The number of unbranched alkanes of at least 4 members (excludes halogenated alkanes) is 26. The molecule has 6 nitrogen and oxygen atoms in total. The summed E-state index contributed by atoms with van der Waals surface area (Å²) in [5, 5.41) is 23.9. The number of esters is 1. The molecule has 0 bridgehead atoms. The van der Waals surface area contributed by atoms with Crippen molar-refractivity contribution in [3.05, 3.63) is 85.1 Å². The Morgan fingerprint density at radius 3 is 1.32 bits per heavy atom. The number of hydrogen-bond acceptors (Lipinski definition) is 5. The maximum Gasteiger partial charge on any atom is 0.306 e. The van der Waals surface area contributed by atoms with Gasteiger partial charge in [-0.15, -0.1) is 0 Å². The van der Waals surface area contributed by atoms with Crippen LogP contribution >= 0.6 is 0 Å². The quantitative estimate of drug-likeness (QED) is 0.0244. The molecular weight excluding hydrogens is 839 g/mol. The van der Waals surface area contributed by atoms with Crippen LogP contribution in [0.15, 0.2) is 85.1 Å². The van der Waals surface area contributed by atoms with Gasteiger partial charge in [0.15, 0.2) is 0 Å². The zero-order valence-electron chi connectivity index (χ0n) is 44.7. The van der Waals surface area contributed by atoms with Gasteiger partial charge in [-0.25, -0.2) is 0 Å². The lowest BCUT2D eigenvalue weighted by Crippen LogP contribution is -2.46. The van der Waals surface area contributed by atoms with E-state index in [0.29, 0.717) is 19.3 Å². The minimum Gasteiger partial charge on any atom is -0.462 e. The monoisotopic (exact) mass is 948 g/mol. The van der Waals surface area contributed by atoms with E-state index in [9.17, 15) is 19.8 Å². The van der Waals surface area contributed by atoms with E-state index in [-0.39, 0.29) is 24.9 Å². The third-order valence-corrected chi connectivity index (χ3v) is 12.7. The van der Waals surface area contributed by atoms with Crippen LogP contribution in [-0.4, -0.2) is 46.9 Å². The number of nitrogens with one attached hydrogen (secondary N) is 1. The van der Waals surface area contributed by atoms with Crippen LogP contribution in [0.5, 0.6) is 0 Å². The summed E-state index contributed by atoms with van der Waals surface area (Å²) in [7, 11) is 0. The van der Waals surface area contributed by atoms with Crippen molar-refractivity contribution in [3.8, 4) is 0 Å². The van der Waals surface area contributed by atoms with E-state index in [0.717, 1.165) is 96.3 Å². The van der Waals surface area contributed by atoms with Crippen molar-refractivity contribution in [1.29, 1.82) is 0 Å². The molecule has 3 atom stereocenters. The molecule has 0 aromatic carbocycles. The first kappa shape index (κ1) is 65.0. The zero-order valence-corrected chi connectivity index (χ0v) is 44.7. The predicted octanol–water partition coefficient (Wildman–Crippen LogP) is 17.9. The standard InChI is InChI=1S/C62H109NO5/c1-4-7-10-13-16-19-22-25-28-30-31-32-34-37-40-43-46-49-52-55-62(67)68-58(53-50-47-44-41-38-35-27-24-21-18-15-12-9-6-3)56-61(66)63-59(57-64)60(65)54-51-48-45-42-39-36-33-29-26-23-20-17-14-11-8-5-2/h7,10,16,19,25,28,31-32,35,37-38,40-41,44,58-60,64-65H,4-6,8-9,11-15,17-18,20-24,26-27,29-30,33-34,36,39,42-43,45-57H2,1-3H3,(H,63,66)/b10-7-,19-16-,28-25-,32-31-,38-35+,40-37-,44-41+. The maximum absolute atomic E-state index is 13.3. The van der Waals surface area contributed by atoms with Crippen LogP contribution < -0.4 is 5.32 Å². The molecule has 0 saturated carbocycles. The molecule has 0 rings (SSSR count). The first-order chi connectivity index (χ1) is 33.5. The Bertz CT molecular complexity index is 1290. The van der Waals surface area contributed by atoms with Gasteiger partial charge in [-0.2, -0.15) is 0 Å². The molecule has 0 radical (unpaired) electrons. The van der Waals surface area contributed by atoms with E-state index in [2.05, 4.69) is 111 Å². The van der Waals surface area contributed by atoms with Crippen molar-refractivity contribution in [2.75, 3.05) is 6.61 Å². The molecule has 392 valence electrons. The van der Waals surface area contributed by atoms with Gasteiger partial charge in [0.1, 0.15) is 6.10 Å². The number of carbonyl (C=O) groups is 2. The van der Waals surface area contributed by atoms with Crippen LogP contribution in [0.2, 0.25) is 0 Å². The Morgan fingerprint density at radius 2 is 0.853 bits per heavy atom. The minimum absolute atomic E-state index is 0.0279. The zero-order chi connectivity index (χ0) is 49.5. The molecule has 0 aromatic heterocycles. The fourth-order valence-corrected chi connectivity index (χ4v) is 8.40. The number of rotatable bonds is 51. The van der Waals surface area contributed by atoms with Gasteiger partial charge in [-0.05, 0) is 89.9 Å². The van der Waals surface area contributed by atoms with Crippen LogP contribution in [0, 0.1) is 0 Å². The molecule has 3 unspecified atom stereocenters. The summed E-state index contributed by atoms with van der Waals surface area (Å²) >= 11 is 0. The molecule has 0 heterocycles. The molecule has 0 aliphatic rings. The van der Waals surface area contributed by atoms with Gasteiger partial charge in [0.05, 0.1) is 25.2 Å². The Labute approximate surface area is 421 Å². The molecule has 68 heavy (non-hydrogen) atoms. The first-order valence-electron chi connectivity index (χ1n) is 28.8. The van der Waals surface area contributed by atoms with Crippen molar-refractivity contribution in [2.24, 2.45) is 0 Å². The van der Waals surface area contributed by atoms with Gasteiger partial charge in [0, 0.05) is 6.42 Å². The number of allylic oxidation sites excluding steroid dienone is 14. The van der Waals surface area contributed by atoms with Crippen LogP contribution in [0.4, 0.5) is 0 Å². The van der Waals surface area contributed by atoms with Crippen LogP contribution in [0.3, 0.4) is 0 Å². The molecule has 6 heteroatoms. The second kappa shape index (κ2) is 55.0. The van der Waals surface area contributed by atoms with Gasteiger partial charge < -0.3 is 20.3 Å². The maximum atomic E-state index is 13.3. The highest BCUT2D eigenvalue weighted by Crippen LogP contribution is 2.17. The van der Waals surface area contributed by atoms with Crippen LogP contribution in [0.25, 0.3) is 0 Å². The summed E-state index contributed by atoms with van der Waals surface area (Å²) in [6.07, 6.45) is 72.2. The Hall–Kier alpha value is -2.96. The second-order valence-electron chi connectivity index (χ2n) is 19.3. The first-order valence-corrected chi connectivity index (χ1v) is 28.8. The number of aliphatic hydroxyl groups is 2. The normalized spacial score (nSPS) is 13.8. The summed E-state index contributed by atoms with van der Waals surface area (Å²) in [6, 6.07) is -0.728. The topological polar surface area (TPSA) is 95.9 Å². The van der Waals surface area contributed by atoms with Crippen molar-refractivity contribution < 1.29 is 24.5 Å². The van der Waals surface area contributed by atoms with Crippen molar-refractivity contribution in [3.63, 3.8) is 0 Å². The summed E-state index contributed by atoms with van der Waals surface area (Å²) in [4.78, 5) is 26.2. The van der Waals surface area contributed by atoms with E-state index < -0.39 is 18.2 Å². The third kappa shape index (κ3) is 49.5. The molecule has 0 aliphatic heterocycles. The number of aliphatic hydroxyl groups excluding tert-OH is 2. The van der Waals surface area contributed by atoms with Gasteiger partial charge >= 0.3 is 5.97 Å². The van der Waals surface area contributed by atoms with Crippen LogP contribution in [-0.2, 0) is 14.3 Å². The van der Waals surface area contributed by atoms with Gasteiger partial charge in [-0.1, -0.05) is 254 Å². The molecule has 0 spiro atoms. The highest BCUT2D eigenvalue weighted by atomic mass is 16.5. The lowest BCUT2D eigenvalue weighted by molar-refractivity contribution is -0.151. The van der Waals surface area contributed by atoms with Gasteiger partial charge in [0.25, 0.3) is 0 Å². The Balaban J connectivity index is 4.65. The Morgan fingerprint density at radius 1 is 0.456 bits per heavy atom. The fraction of sp³-hybridized carbons (Fsp3) is 0.742. The van der Waals surface area contributed by atoms with E-state index in [4.69, 9.17) is 4.74 Å². The predicted molar refractivity (Wildman–Crippen MR) is 296 cm³/mol. The van der Waals surface area contributed by atoms with E-state index in [1.165, 1.54) is 128 Å². The Kier molecular flexibility index (Phi) is 52.6.